The molecule has 0 saturated heterocycles. The third kappa shape index (κ3) is 40.5. The van der Waals surface area contributed by atoms with E-state index in [9.17, 15) is 22.8 Å². The van der Waals surface area contributed by atoms with Gasteiger partial charge < -0.3 is 50.0 Å². The van der Waals surface area contributed by atoms with Gasteiger partial charge in [-0.25, -0.2) is 4.79 Å². The minimum Gasteiger partial charge on any atom is -0.465 e. The van der Waals surface area contributed by atoms with Crippen LogP contribution in [0.5, 0.6) is 0 Å². The summed E-state index contributed by atoms with van der Waals surface area (Å²) in [7, 11) is 8.30. The largest absolute Gasteiger partial charge is 0.465 e. The van der Waals surface area contributed by atoms with E-state index in [4.69, 9.17) is 85.3 Å². The van der Waals surface area contributed by atoms with Gasteiger partial charge in [0.1, 0.15) is 12.2 Å². The van der Waals surface area contributed by atoms with Crippen LogP contribution in [0.1, 0.15) is 226 Å². The molecule has 1 aromatic heterocycles. The van der Waals surface area contributed by atoms with E-state index in [-0.39, 0.29) is 22.6 Å². The summed E-state index contributed by atoms with van der Waals surface area (Å²) in [5, 5.41) is 69.3. The maximum atomic E-state index is 12.8. The molecular formula is C86H127Cl3F3NO12. The van der Waals surface area contributed by atoms with Gasteiger partial charge in [-0.2, -0.15) is 18.4 Å². The topological polar surface area (TPSA) is 242 Å². The fourth-order valence-corrected chi connectivity index (χ4v) is 9.27. The second-order valence-corrected chi connectivity index (χ2v) is 25.6. The molecule has 0 bridgehead atoms. The third-order valence-corrected chi connectivity index (χ3v) is 18.6. The number of rotatable bonds is 17. The third-order valence-electron chi connectivity index (χ3n) is 17.4. The van der Waals surface area contributed by atoms with Gasteiger partial charge in [-0.15, -0.1) is 11.6 Å². The second kappa shape index (κ2) is 63.2. The molecule has 0 radical (unpaired) electrons. The molecule has 0 amide bonds. The summed E-state index contributed by atoms with van der Waals surface area (Å²) in [6.07, 6.45) is 3.80. The Morgan fingerprint density at radius 2 is 0.867 bits per heavy atom. The Kier molecular flexibility index (Phi) is 65.6. The number of esters is 1. The molecule has 13 nitrogen and oxygen atoms in total. The van der Waals surface area contributed by atoms with Crippen LogP contribution in [0.15, 0.2) is 193 Å². The minimum absolute atomic E-state index is 0.0561. The molecule has 0 aliphatic heterocycles. The molecule has 0 aliphatic carbocycles. The van der Waals surface area contributed by atoms with E-state index in [1.165, 1.54) is 72.7 Å². The molecule has 0 aliphatic rings. The Morgan fingerprint density at radius 3 is 1.23 bits per heavy atom. The maximum absolute atomic E-state index is 12.8. The van der Waals surface area contributed by atoms with Crippen LogP contribution in [0.2, 0.25) is 10.0 Å². The Morgan fingerprint density at radius 1 is 0.476 bits per heavy atom. The molecule has 590 valence electrons. The van der Waals surface area contributed by atoms with Gasteiger partial charge in [-0.3, -0.25) is 4.79 Å². The van der Waals surface area contributed by atoms with E-state index in [0.717, 1.165) is 92.2 Å². The van der Waals surface area contributed by atoms with Gasteiger partial charge in [0.15, 0.2) is 5.78 Å². The molecule has 8 N–H and O–H groups in total. The number of benzene rings is 7. The van der Waals surface area contributed by atoms with Crippen molar-refractivity contribution in [2.75, 3.05) is 63.5 Å². The average Bonchev–Trinajstić information content (AvgIpc) is 0.825. The van der Waals surface area contributed by atoms with E-state index in [1.54, 1.807) is 43.5 Å². The Bertz CT molecular complexity index is 3340. The van der Waals surface area contributed by atoms with Crippen molar-refractivity contribution in [3.05, 3.63) is 248 Å². The molecular weight excluding hydrogens is 1400 g/mol. The van der Waals surface area contributed by atoms with Crippen LogP contribution >= 0.6 is 34.8 Å². The highest BCUT2D eigenvalue weighted by molar-refractivity contribution is 6.42. The lowest BCUT2D eigenvalue weighted by Crippen LogP contribution is -2.38. The number of ketones is 1. The van der Waals surface area contributed by atoms with Crippen molar-refractivity contribution in [1.82, 2.24) is 0 Å². The van der Waals surface area contributed by atoms with E-state index in [1.807, 2.05) is 107 Å². The fourth-order valence-electron chi connectivity index (χ4n) is 8.84. The lowest BCUT2D eigenvalue weighted by molar-refractivity contribution is -0.186. The predicted molar refractivity (Wildman–Crippen MR) is 435 cm³/mol. The van der Waals surface area contributed by atoms with Gasteiger partial charge in [0.05, 0.1) is 50.8 Å². The van der Waals surface area contributed by atoms with Crippen LogP contribution in [-0.4, -0.2) is 122 Å². The Balaban J connectivity index is -0.000000266. The van der Waals surface area contributed by atoms with E-state index < -0.39 is 30.0 Å². The number of aliphatic hydroxyl groups excluding tert-OH is 8. The molecule has 7 aromatic carbocycles. The number of furan rings is 1. The number of ether oxygens (including phenoxy) is 1. The molecule has 1 heterocycles. The Hall–Kier alpha value is -6.95. The SMILES string of the molecule is CCC(C)(C#N)c1ccccc1.CCC(C)(C)c1ccccc1.CCC(C)(Cl)c1ccccc1.CCC(C)(c1ccccc1)C(F)(F)F.CCC(C)c1cc(C(=O)CO)cc(C(=O)OC)c1.CCC(C)c1ccc(Cl)c(Cl)c1.CCC(C)c1ccc2ccoc2c1.CO.CO.CO.CO.CO.CO.CO. The van der Waals surface area contributed by atoms with Crippen LogP contribution in [0.3, 0.4) is 0 Å². The number of alkyl halides is 4. The normalized spacial score (nSPS) is 12.3. The zero-order valence-corrected chi connectivity index (χ0v) is 69.0. The van der Waals surface area contributed by atoms with Crippen LogP contribution in [0, 0.1) is 11.3 Å². The first-order valence-corrected chi connectivity index (χ1v) is 35.9. The summed E-state index contributed by atoms with van der Waals surface area (Å²) in [6.45, 7) is 30.0. The molecule has 8 aromatic rings. The summed E-state index contributed by atoms with van der Waals surface area (Å²) < 4.78 is 48.4. The number of nitriles is 1. The first-order valence-electron chi connectivity index (χ1n) is 34.8. The van der Waals surface area contributed by atoms with Crippen molar-refractivity contribution in [3.63, 3.8) is 0 Å². The van der Waals surface area contributed by atoms with Crippen LogP contribution in [0.4, 0.5) is 13.2 Å². The van der Waals surface area contributed by atoms with Crippen LogP contribution in [-0.2, 0) is 25.9 Å². The monoisotopic (exact) mass is 1530 g/mol. The second-order valence-electron chi connectivity index (χ2n) is 24.0. The number of hydrogen-bond donors (Lipinski definition) is 8. The van der Waals surface area contributed by atoms with Crippen molar-refractivity contribution in [3.8, 4) is 6.07 Å². The molecule has 0 saturated carbocycles. The van der Waals surface area contributed by atoms with Gasteiger partial charge in [0, 0.05) is 60.7 Å². The van der Waals surface area contributed by atoms with E-state index in [2.05, 4.69) is 127 Å². The minimum atomic E-state index is -4.19. The van der Waals surface area contributed by atoms with Crippen molar-refractivity contribution in [2.45, 2.75) is 194 Å². The van der Waals surface area contributed by atoms with Gasteiger partial charge in [0.2, 0.25) is 0 Å². The average molecular weight is 1530 g/mol. The number of nitrogens with zero attached hydrogens (tertiary/aromatic N) is 1. The Labute approximate surface area is 643 Å². The van der Waals surface area contributed by atoms with Crippen LogP contribution < -0.4 is 0 Å². The fraction of sp³-hybridized carbons (Fsp3) is 0.453. The summed E-state index contributed by atoms with van der Waals surface area (Å²) >= 11 is 17.9. The molecule has 19 heteroatoms. The van der Waals surface area contributed by atoms with Gasteiger partial charge in [-0.1, -0.05) is 246 Å². The van der Waals surface area contributed by atoms with Crippen molar-refractivity contribution in [2.24, 2.45) is 0 Å². The zero-order chi connectivity index (χ0) is 82.6. The number of Topliss-reactive ketones (excluding diaryl/α,β-unsaturated/α-hetero) is 1. The molecule has 6 atom stereocenters. The number of aliphatic hydroxyl groups is 8. The first-order chi connectivity index (χ1) is 50.0. The standard InChI is InChI=1S/C14H18O4.C12H14O.C11H13F3.C11H13N.C11H16.C10H12Cl2.C10H13Cl.7CH4O/c1-4-9(2)10-5-11(13(16)8-15)7-12(6-10)14(17)18-3;1-3-9(2)11-5-4-10-6-7-13-12(10)8-11;1-3-10(2,11(12,13)14)9-7-5-4-6-8-9;1-3-11(2,9-12)10-7-5-4-6-8-10;1-4-11(2,3)10-8-6-5-7-9-10;1-3-7(2)8-4-5-9(11)10(12)6-8;1-3-10(2,11)9-7-5-4-6-8-9;7*1-2/h5-7,9,15H,4,8H2,1-3H3;4-9H,3H2,1-2H3;4-8H,3H2,1-2H3;4-8H,3H2,1-2H3;5-9H,4H2,1-3H3;4-7H,3H2,1-2H3;4-8H,3H2,1-2H3;7*2H,1H3. The number of fused-ring (bicyclic) bond motifs is 1. The van der Waals surface area contributed by atoms with Crippen molar-refractivity contribution in [1.29, 1.82) is 5.26 Å². The smallest absolute Gasteiger partial charge is 0.398 e. The van der Waals surface area contributed by atoms with Gasteiger partial charge >= 0.3 is 12.1 Å². The summed E-state index contributed by atoms with van der Waals surface area (Å²) in [6, 6.07) is 60.3. The quantitative estimate of drug-likeness (QED) is 0.0241. The highest BCUT2D eigenvalue weighted by Gasteiger charge is 2.50. The zero-order valence-electron chi connectivity index (χ0n) is 66.7. The maximum Gasteiger partial charge on any atom is 0.398 e. The number of carbonyl (C=O) groups is 2. The highest BCUT2D eigenvalue weighted by atomic mass is 35.5. The predicted octanol–water partition coefficient (Wildman–Crippen LogP) is 21.6. The first kappa shape index (κ1) is 109. The van der Waals surface area contributed by atoms with Gasteiger partial charge in [-0.05, 0) is 170 Å². The molecule has 6 unspecified atom stereocenters. The summed E-state index contributed by atoms with van der Waals surface area (Å²) in [5.74, 6) is 0.534. The highest BCUT2D eigenvalue weighted by Crippen LogP contribution is 2.43. The summed E-state index contributed by atoms with van der Waals surface area (Å²) in [5.41, 5.74) is 7.56. The molecule has 8 rings (SSSR count). The number of methoxy groups -OCH3 is 1. The lowest BCUT2D eigenvalue weighted by atomic mass is 9.79. The number of halogens is 6. The van der Waals surface area contributed by atoms with Crippen molar-refractivity contribution >= 4 is 57.5 Å². The molecule has 0 spiro atoms. The van der Waals surface area contributed by atoms with E-state index >= 15 is 0 Å². The summed E-state index contributed by atoms with van der Waals surface area (Å²) in [4.78, 5) is 22.9. The van der Waals surface area contributed by atoms with Crippen molar-refractivity contribution < 1.29 is 72.8 Å². The number of hydrogen-bond acceptors (Lipinski definition) is 13. The number of carbonyl (C=O) groups excluding carboxylic acids is 2. The molecule has 0 fully saturated rings. The van der Waals surface area contributed by atoms with Gasteiger partial charge in [0.25, 0.3) is 0 Å². The van der Waals surface area contributed by atoms with E-state index in [0.29, 0.717) is 44.0 Å². The lowest BCUT2D eigenvalue weighted by Gasteiger charge is -2.31. The molecule has 105 heavy (non-hydrogen) atoms. The van der Waals surface area contributed by atoms with Crippen LogP contribution in [0.25, 0.3) is 11.0 Å².